The average Bonchev–Trinajstić information content (AvgIpc) is 1.87. The van der Waals surface area contributed by atoms with Gasteiger partial charge in [0.25, 0.3) is 0 Å². The van der Waals surface area contributed by atoms with Crippen LogP contribution in [0.3, 0.4) is 0 Å². The Kier molecular flexibility index (Phi) is 4.06. The van der Waals surface area contributed by atoms with E-state index in [2.05, 4.69) is 18.8 Å². The lowest BCUT2D eigenvalue weighted by Crippen LogP contribution is -2.00. The molecule has 10 heavy (non-hydrogen) atoms. The van der Waals surface area contributed by atoms with Crippen molar-refractivity contribution in [3.63, 3.8) is 0 Å². The SMILES string of the molecule is CPC1CC/C=C/CCC1. The molecule has 1 rings (SSSR count). The van der Waals surface area contributed by atoms with Crippen LogP contribution in [-0.4, -0.2) is 12.3 Å². The van der Waals surface area contributed by atoms with Gasteiger partial charge in [-0.05, 0) is 44.4 Å². The largest absolute Gasteiger partial charge is 0.122 e. The second-order valence-corrected chi connectivity index (χ2v) is 4.36. The molecule has 0 radical (unpaired) electrons. The van der Waals surface area contributed by atoms with Crippen molar-refractivity contribution < 1.29 is 0 Å². The van der Waals surface area contributed by atoms with Crippen LogP contribution in [0.15, 0.2) is 12.2 Å². The van der Waals surface area contributed by atoms with Crippen LogP contribution in [0.1, 0.15) is 32.1 Å². The van der Waals surface area contributed by atoms with E-state index in [9.17, 15) is 0 Å². The highest BCUT2D eigenvalue weighted by atomic mass is 31.1. The van der Waals surface area contributed by atoms with Gasteiger partial charge in [0.2, 0.25) is 0 Å². The molecule has 0 fully saturated rings. The molecule has 0 nitrogen and oxygen atoms in total. The lowest BCUT2D eigenvalue weighted by molar-refractivity contribution is 0.650. The first kappa shape index (κ1) is 8.27. The number of hydrogen-bond donors (Lipinski definition) is 0. The van der Waals surface area contributed by atoms with Crippen LogP contribution in [0.25, 0.3) is 0 Å². The van der Waals surface area contributed by atoms with E-state index in [1.807, 2.05) is 0 Å². The molecule has 1 aliphatic rings. The smallest absolute Gasteiger partial charge is 0.0236 e. The summed E-state index contributed by atoms with van der Waals surface area (Å²) in [5, 5.41) is 0. The van der Waals surface area contributed by atoms with Crippen molar-refractivity contribution in [2.45, 2.75) is 37.8 Å². The fourth-order valence-electron chi connectivity index (χ4n) is 1.45. The molecule has 0 saturated carbocycles. The Morgan fingerprint density at radius 1 is 1.20 bits per heavy atom. The van der Waals surface area contributed by atoms with Crippen LogP contribution < -0.4 is 0 Å². The number of hydrogen-bond acceptors (Lipinski definition) is 0. The summed E-state index contributed by atoms with van der Waals surface area (Å²) in [6.07, 6.45) is 11.7. The average molecular weight is 156 g/mol. The first-order chi connectivity index (χ1) is 4.93. The molecular formula is C9H17P. The van der Waals surface area contributed by atoms with Crippen LogP contribution in [-0.2, 0) is 0 Å². The van der Waals surface area contributed by atoms with Gasteiger partial charge in [0.05, 0.1) is 0 Å². The maximum absolute atomic E-state index is 2.35. The van der Waals surface area contributed by atoms with Gasteiger partial charge < -0.3 is 0 Å². The van der Waals surface area contributed by atoms with Gasteiger partial charge in [0, 0.05) is 0 Å². The summed E-state index contributed by atoms with van der Waals surface area (Å²) in [6, 6.07) is 0. The number of allylic oxidation sites excluding steroid dienone is 2. The summed E-state index contributed by atoms with van der Waals surface area (Å²) in [5.74, 6) is 0. The fourth-order valence-corrected chi connectivity index (χ4v) is 2.40. The molecule has 2 atom stereocenters. The van der Waals surface area contributed by atoms with Gasteiger partial charge in [-0.1, -0.05) is 12.2 Å². The molecule has 0 N–H and O–H groups in total. The third-order valence-corrected chi connectivity index (χ3v) is 3.57. The molecule has 0 heterocycles. The highest BCUT2D eigenvalue weighted by Gasteiger charge is 2.05. The van der Waals surface area contributed by atoms with Gasteiger partial charge >= 0.3 is 0 Å². The maximum atomic E-state index is 2.35. The molecule has 1 aliphatic carbocycles. The molecule has 2 unspecified atom stereocenters. The minimum Gasteiger partial charge on any atom is -0.122 e. The summed E-state index contributed by atoms with van der Waals surface area (Å²) in [6.45, 7) is 2.34. The van der Waals surface area contributed by atoms with Crippen LogP contribution >= 0.6 is 8.58 Å². The zero-order valence-electron chi connectivity index (χ0n) is 6.77. The van der Waals surface area contributed by atoms with Crippen LogP contribution in [0.4, 0.5) is 0 Å². The Labute approximate surface area is 65.9 Å². The lowest BCUT2D eigenvalue weighted by atomic mass is 10.1. The van der Waals surface area contributed by atoms with Gasteiger partial charge in [0.15, 0.2) is 0 Å². The Balaban J connectivity index is 2.27. The molecule has 0 aromatic heterocycles. The highest BCUT2D eigenvalue weighted by molar-refractivity contribution is 7.37. The molecule has 0 saturated heterocycles. The summed E-state index contributed by atoms with van der Waals surface area (Å²) in [4.78, 5) is 0. The molecule has 0 aliphatic heterocycles. The Morgan fingerprint density at radius 2 is 2.00 bits per heavy atom. The molecular weight excluding hydrogens is 139 g/mol. The van der Waals surface area contributed by atoms with E-state index in [0.717, 1.165) is 5.66 Å². The van der Waals surface area contributed by atoms with Gasteiger partial charge in [-0.2, -0.15) is 0 Å². The van der Waals surface area contributed by atoms with E-state index in [-0.39, 0.29) is 0 Å². The minimum atomic E-state index is 1.05. The van der Waals surface area contributed by atoms with Crippen molar-refractivity contribution in [3.05, 3.63) is 12.2 Å². The van der Waals surface area contributed by atoms with Crippen LogP contribution in [0.5, 0.6) is 0 Å². The Morgan fingerprint density at radius 3 is 2.80 bits per heavy atom. The monoisotopic (exact) mass is 156 g/mol. The summed E-state index contributed by atoms with van der Waals surface area (Å²) in [5.41, 5.74) is 1.05. The third kappa shape index (κ3) is 2.84. The molecule has 1 heteroatoms. The minimum absolute atomic E-state index is 1.05. The molecule has 0 spiro atoms. The van der Waals surface area contributed by atoms with E-state index in [1.165, 1.54) is 40.7 Å². The topological polar surface area (TPSA) is 0 Å². The van der Waals surface area contributed by atoms with E-state index in [1.54, 1.807) is 0 Å². The highest BCUT2D eigenvalue weighted by Crippen LogP contribution is 2.26. The molecule has 0 aromatic rings. The van der Waals surface area contributed by atoms with Gasteiger partial charge in [0.1, 0.15) is 0 Å². The van der Waals surface area contributed by atoms with Gasteiger partial charge in [-0.25, -0.2) is 0 Å². The Hall–Kier alpha value is 0.170. The van der Waals surface area contributed by atoms with Gasteiger partial charge in [-0.3, -0.25) is 0 Å². The van der Waals surface area contributed by atoms with Crippen LogP contribution in [0.2, 0.25) is 0 Å². The maximum Gasteiger partial charge on any atom is -0.0236 e. The summed E-state index contributed by atoms with van der Waals surface area (Å²) < 4.78 is 0. The molecule has 0 bridgehead atoms. The van der Waals surface area contributed by atoms with Crippen molar-refractivity contribution >= 4 is 8.58 Å². The summed E-state index contributed by atoms with van der Waals surface area (Å²) in [7, 11) is 1.17. The second-order valence-electron chi connectivity index (χ2n) is 2.97. The molecule has 0 amide bonds. The normalized spacial score (nSPS) is 31.9. The first-order valence-corrected chi connectivity index (χ1v) is 5.83. The van der Waals surface area contributed by atoms with Crippen molar-refractivity contribution in [2.75, 3.05) is 6.66 Å². The van der Waals surface area contributed by atoms with Crippen molar-refractivity contribution in [1.82, 2.24) is 0 Å². The standard InChI is InChI=1S/C9H17P/c1-10-9-7-5-3-2-4-6-8-9/h2-3,9-10H,4-8H2,1H3/b3-2+. The zero-order valence-corrected chi connectivity index (χ0v) is 7.77. The molecule has 58 valence electrons. The third-order valence-electron chi connectivity index (χ3n) is 2.18. The quantitative estimate of drug-likeness (QED) is 0.404. The lowest BCUT2D eigenvalue weighted by Gasteiger charge is -2.14. The van der Waals surface area contributed by atoms with Crippen LogP contribution in [0, 0.1) is 0 Å². The molecule has 0 aromatic carbocycles. The zero-order chi connectivity index (χ0) is 7.23. The van der Waals surface area contributed by atoms with Crippen molar-refractivity contribution in [2.24, 2.45) is 0 Å². The number of rotatable bonds is 1. The van der Waals surface area contributed by atoms with E-state index >= 15 is 0 Å². The van der Waals surface area contributed by atoms with Crippen molar-refractivity contribution in [3.8, 4) is 0 Å². The van der Waals surface area contributed by atoms with E-state index in [4.69, 9.17) is 0 Å². The summed E-state index contributed by atoms with van der Waals surface area (Å²) >= 11 is 0. The Bertz CT molecular complexity index is 107. The second kappa shape index (κ2) is 4.91. The first-order valence-electron chi connectivity index (χ1n) is 4.26. The van der Waals surface area contributed by atoms with Crippen molar-refractivity contribution in [1.29, 1.82) is 0 Å². The predicted octanol–water partition coefficient (Wildman–Crippen LogP) is 3.18. The van der Waals surface area contributed by atoms with Gasteiger partial charge in [-0.15, -0.1) is 8.58 Å². The predicted molar refractivity (Wildman–Crippen MR) is 50.3 cm³/mol. The van der Waals surface area contributed by atoms with E-state index < -0.39 is 0 Å². The fraction of sp³-hybridized carbons (Fsp3) is 0.778. The van der Waals surface area contributed by atoms with E-state index in [0.29, 0.717) is 0 Å².